The van der Waals surface area contributed by atoms with Gasteiger partial charge in [0, 0.05) is 12.0 Å². The molecule has 0 unspecified atom stereocenters. The summed E-state index contributed by atoms with van der Waals surface area (Å²) < 4.78 is 0. The number of H-pyrrole nitrogens is 1. The first-order chi connectivity index (χ1) is 10.7. The number of aromatic amines is 1. The maximum Gasteiger partial charge on any atom is 0.271 e. The molecule has 22 heavy (non-hydrogen) atoms. The Labute approximate surface area is 130 Å². The lowest BCUT2D eigenvalue weighted by molar-refractivity contribution is -0.120. The fraction of sp³-hybridized carbons (Fsp3) is 0.688. The normalized spacial score (nSPS) is 20.0. The van der Waals surface area contributed by atoms with Gasteiger partial charge >= 0.3 is 0 Å². The van der Waals surface area contributed by atoms with Gasteiger partial charge in [-0.15, -0.1) is 0 Å². The van der Waals surface area contributed by atoms with Crippen molar-refractivity contribution < 1.29 is 9.59 Å². The smallest absolute Gasteiger partial charge is 0.271 e. The third-order valence-corrected chi connectivity index (χ3v) is 4.79. The average Bonchev–Trinajstić information content (AvgIpc) is 3.19. The van der Waals surface area contributed by atoms with Crippen LogP contribution in [0.25, 0.3) is 0 Å². The predicted molar refractivity (Wildman–Crippen MR) is 83.5 cm³/mol. The fourth-order valence-electron chi connectivity index (χ4n) is 3.48. The number of rotatable bonds is 4. The Kier molecular flexibility index (Phi) is 4.75. The highest BCUT2D eigenvalue weighted by Gasteiger charge is 2.25. The zero-order valence-corrected chi connectivity index (χ0v) is 12.9. The first-order valence-corrected chi connectivity index (χ1v) is 8.39. The molecule has 6 nitrogen and oxygen atoms in total. The molecule has 1 aromatic heterocycles. The molecule has 2 amide bonds. The van der Waals surface area contributed by atoms with E-state index in [1.165, 1.54) is 25.5 Å². The van der Waals surface area contributed by atoms with Gasteiger partial charge in [0.15, 0.2) is 0 Å². The van der Waals surface area contributed by atoms with Crippen molar-refractivity contribution in [1.29, 1.82) is 0 Å². The Morgan fingerprint density at radius 2 is 1.73 bits per heavy atom. The van der Waals surface area contributed by atoms with Gasteiger partial charge in [0.05, 0.1) is 11.9 Å². The number of aromatic nitrogens is 2. The second kappa shape index (κ2) is 6.94. The molecule has 0 atom stereocenters. The largest absolute Gasteiger partial charge is 0.348 e. The summed E-state index contributed by atoms with van der Waals surface area (Å²) in [5.74, 6) is -0.103. The Morgan fingerprint density at radius 3 is 2.45 bits per heavy atom. The first kappa shape index (κ1) is 15.1. The van der Waals surface area contributed by atoms with E-state index in [1.807, 2.05) is 0 Å². The van der Waals surface area contributed by atoms with Crippen LogP contribution in [0.15, 0.2) is 6.20 Å². The van der Waals surface area contributed by atoms with Gasteiger partial charge in [-0.1, -0.05) is 32.1 Å². The molecule has 120 valence electrons. The van der Waals surface area contributed by atoms with Crippen LogP contribution in [0.2, 0.25) is 0 Å². The molecule has 2 saturated carbocycles. The number of amides is 2. The number of nitrogens with zero attached hydrogens (tertiary/aromatic N) is 1. The van der Waals surface area contributed by atoms with Crippen LogP contribution in [0, 0.1) is 5.92 Å². The van der Waals surface area contributed by atoms with Gasteiger partial charge in [-0.25, -0.2) is 0 Å². The molecule has 0 radical (unpaired) electrons. The van der Waals surface area contributed by atoms with Gasteiger partial charge in [0.1, 0.15) is 5.69 Å². The molecule has 0 spiro atoms. The molecule has 2 fully saturated rings. The molecule has 2 aliphatic carbocycles. The predicted octanol–water partition coefficient (Wildman–Crippen LogP) is 2.60. The van der Waals surface area contributed by atoms with Gasteiger partial charge in [-0.05, 0) is 25.7 Å². The van der Waals surface area contributed by atoms with Crippen molar-refractivity contribution in [3.63, 3.8) is 0 Å². The minimum atomic E-state index is -0.177. The maximum atomic E-state index is 12.3. The topological polar surface area (TPSA) is 86.9 Å². The Morgan fingerprint density at radius 1 is 1.05 bits per heavy atom. The third kappa shape index (κ3) is 3.48. The Hall–Kier alpha value is -1.85. The summed E-state index contributed by atoms with van der Waals surface area (Å²) in [6, 6.07) is 0.248. The molecule has 0 aliphatic heterocycles. The average molecular weight is 304 g/mol. The summed E-state index contributed by atoms with van der Waals surface area (Å²) in [7, 11) is 0. The van der Waals surface area contributed by atoms with Crippen molar-refractivity contribution in [2.75, 3.05) is 5.32 Å². The van der Waals surface area contributed by atoms with Crippen molar-refractivity contribution in [2.24, 2.45) is 5.92 Å². The molecule has 3 rings (SSSR count). The molecule has 1 heterocycles. The fourth-order valence-corrected chi connectivity index (χ4v) is 3.48. The highest BCUT2D eigenvalue weighted by Crippen LogP contribution is 2.25. The third-order valence-electron chi connectivity index (χ3n) is 4.79. The van der Waals surface area contributed by atoms with E-state index in [0.717, 1.165) is 38.5 Å². The minimum Gasteiger partial charge on any atom is -0.348 e. The van der Waals surface area contributed by atoms with Crippen molar-refractivity contribution >= 4 is 17.5 Å². The molecule has 3 N–H and O–H groups in total. The van der Waals surface area contributed by atoms with Crippen molar-refractivity contribution in [2.45, 2.75) is 63.8 Å². The summed E-state index contributed by atoms with van der Waals surface area (Å²) in [6.07, 6.45) is 11.2. The second-order valence-corrected chi connectivity index (χ2v) is 6.44. The monoisotopic (exact) mass is 304 g/mol. The number of hydrogen-bond donors (Lipinski definition) is 3. The summed E-state index contributed by atoms with van der Waals surface area (Å²) in [6.45, 7) is 0. The summed E-state index contributed by atoms with van der Waals surface area (Å²) in [5.41, 5.74) is 0.849. The molecular weight excluding hydrogens is 280 g/mol. The van der Waals surface area contributed by atoms with Crippen molar-refractivity contribution in [1.82, 2.24) is 15.5 Å². The highest BCUT2D eigenvalue weighted by atomic mass is 16.2. The maximum absolute atomic E-state index is 12.3. The zero-order valence-electron chi connectivity index (χ0n) is 12.9. The van der Waals surface area contributed by atoms with E-state index < -0.39 is 0 Å². The van der Waals surface area contributed by atoms with E-state index >= 15 is 0 Å². The first-order valence-electron chi connectivity index (χ1n) is 8.39. The van der Waals surface area contributed by atoms with E-state index in [1.54, 1.807) is 0 Å². The Bertz CT molecular complexity index is 528. The minimum absolute atomic E-state index is 0.0102. The van der Waals surface area contributed by atoms with E-state index in [2.05, 4.69) is 20.8 Å². The van der Waals surface area contributed by atoms with E-state index in [9.17, 15) is 9.59 Å². The lowest BCUT2D eigenvalue weighted by atomic mass is 9.88. The highest BCUT2D eigenvalue weighted by molar-refractivity contribution is 6.02. The lowest BCUT2D eigenvalue weighted by Gasteiger charge is -2.20. The molecule has 2 aliphatic rings. The van der Waals surface area contributed by atoms with Gasteiger partial charge in [0.25, 0.3) is 5.91 Å². The number of carbonyl (C=O) groups is 2. The van der Waals surface area contributed by atoms with Gasteiger partial charge in [0.2, 0.25) is 5.91 Å². The van der Waals surface area contributed by atoms with Crippen molar-refractivity contribution in [3.8, 4) is 0 Å². The number of hydrogen-bond acceptors (Lipinski definition) is 3. The van der Waals surface area contributed by atoms with E-state index in [0.29, 0.717) is 11.4 Å². The van der Waals surface area contributed by atoms with Crippen LogP contribution >= 0.6 is 0 Å². The summed E-state index contributed by atoms with van der Waals surface area (Å²) in [5, 5.41) is 12.5. The van der Waals surface area contributed by atoms with Gasteiger partial charge in [-0.3, -0.25) is 14.7 Å². The van der Waals surface area contributed by atoms with Crippen LogP contribution in [0.1, 0.15) is 68.3 Å². The van der Waals surface area contributed by atoms with Crippen LogP contribution in [0.5, 0.6) is 0 Å². The number of nitrogens with one attached hydrogen (secondary N) is 3. The van der Waals surface area contributed by atoms with E-state index in [4.69, 9.17) is 0 Å². The van der Waals surface area contributed by atoms with Gasteiger partial charge in [-0.2, -0.15) is 5.10 Å². The summed E-state index contributed by atoms with van der Waals surface area (Å²) >= 11 is 0. The standard InChI is InChI=1S/C16H24N4O2/c21-15(11-6-2-1-3-7-11)19-13-10-17-20-14(13)16(22)18-12-8-4-5-9-12/h10-12H,1-9H2,(H,17,20)(H,18,22)(H,19,21). The van der Waals surface area contributed by atoms with Crippen LogP contribution in [0.4, 0.5) is 5.69 Å². The Balaban J connectivity index is 1.61. The van der Waals surface area contributed by atoms with Crippen LogP contribution in [-0.2, 0) is 4.79 Å². The molecule has 0 aromatic carbocycles. The SMILES string of the molecule is O=C(NC1CCCC1)c1[nH]ncc1NC(=O)C1CCCCC1. The molecular formula is C16H24N4O2. The quantitative estimate of drug-likeness (QED) is 0.799. The van der Waals surface area contributed by atoms with Crippen LogP contribution in [0.3, 0.4) is 0 Å². The lowest BCUT2D eigenvalue weighted by Crippen LogP contribution is -2.33. The summed E-state index contributed by atoms with van der Waals surface area (Å²) in [4.78, 5) is 24.6. The molecule has 0 saturated heterocycles. The van der Waals surface area contributed by atoms with Crippen LogP contribution < -0.4 is 10.6 Å². The second-order valence-electron chi connectivity index (χ2n) is 6.44. The van der Waals surface area contributed by atoms with E-state index in [-0.39, 0.29) is 23.8 Å². The number of anilines is 1. The van der Waals surface area contributed by atoms with Crippen LogP contribution in [-0.4, -0.2) is 28.1 Å². The van der Waals surface area contributed by atoms with Crippen molar-refractivity contribution in [3.05, 3.63) is 11.9 Å². The number of carbonyl (C=O) groups excluding carboxylic acids is 2. The molecule has 6 heteroatoms. The molecule has 0 bridgehead atoms. The zero-order chi connectivity index (χ0) is 15.4. The molecule has 1 aromatic rings. The van der Waals surface area contributed by atoms with Gasteiger partial charge < -0.3 is 10.6 Å².